The van der Waals surface area contributed by atoms with E-state index in [1.165, 1.54) is 12.1 Å². The number of halogens is 1. The maximum atomic E-state index is 13.6. The minimum absolute atomic E-state index is 0.0217. The fraction of sp³-hybridized carbons (Fsp3) is 0.167. The van der Waals surface area contributed by atoms with Crippen molar-refractivity contribution in [3.8, 4) is 11.1 Å². The molecule has 162 valence electrons. The second kappa shape index (κ2) is 7.65. The van der Waals surface area contributed by atoms with Crippen LogP contribution in [0.2, 0.25) is 0 Å². The van der Waals surface area contributed by atoms with Crippen LogP contribution in [-0.4, -0.2) is 48.0 Å². The van der Waals surface area contributed by atoms with Crippen molar-refractivity contribution in [2.45, 2.75) is 0 Å². The molecule has 1 aliphatic heterocycles. The average molecular weight is 432 g/mol. The van der Waals surface area contributed by atoms with Gasteiger partial charge in [-0.3, -0.25) is 9.59 Å². The lowest BCUT2D eigenvalue weighted by Crippen LogP contribution is -2.40. The number of carbonyl (C=O) groups is 2. The number of anilines is 1. The van der Waals surface area contributed by atoms with Gasteiger partial charge in [-0.05, 0) is 47.5 Å². The second-order valence-electron chi connectivity index (χ2n) is 7.84. The Hall–Kier alpha value is -3.91. The van der Waals surface area contributed by atoms with Crippen LogP contribution in [0.4, 0.5) is 10.1 Å². The van der Waals surface area contributed by atoms with Crippen molar-refractivity contribution in [1.82, 2.24) is 9.88 Å². The molecule has 32 heavy (non-hydrogen) atoms. The standard InChI is InChI=1S/C24H21FN4O3/c25-19-4-2-13(11-20(19)26)15-9-17-16-3-1-14(24(31)29-5-7-32-8-6-29)12-21(16)28-22(17)18(10-15)23(27)30/h1-4,9-12,28H,5-8,26H2,(H2,27,30). The number of nitrogens with zero attached hydrogens (tertiary/aromatic N) is 1. The normalized spacial score (nSPS) is 14.2. The molecule has 0 saturated carbocycles. The number of amides is 2. The molecule has 2 amide bonds. The van der Waals surface area contributed by atoms with Crippen LogP contribution in [0, 0.1) is 5.82 Å². The quantitative estimate of drug-likeness (QED) is 0.431. The van der Waals surface area contributed by atoms with Gasteiger partial charge >= 0.3 is 0 Å². The lowest BCUT2D eigenvalue weighted by atomic mass is 9.98. The highest BCUT2D eigenvalue weighted by Crippen LogP contribution is 2.34. The summed E-state index contributed by atoms with van der Waals surface area (Å²) in [6.07, 6.45) is 0. The third-order valence-corrected chi connectivity index (χ3v) is 5.85. The molecule has 0 unspecified atom stereocenters. The fourth-order valence-corrected chi connectivity index (χ4v) is 4.17. The number of hydrogen-bond acceptors (Lipinski definition) is 4. The maximum Gasteiger partial charge on any atom is 0.254 e. The summed E-state index contributed by atoms with van der Waals surface area (Å²) in [5.74, 6) is -1.16. The van der Waals surface area contributed by atoms with Crippen LogP contribution in [0.25, 0.3) is 32.9 Å². The van der Waals surface area contributed by atoms with Gasteiger partial charge in [-0.2, -0.15) is 0 Å². The number of ether oxygens (including phenoxy) is 1. The van der Waals surface area contributed by atoms with E-state index in [1.807, 2.05) is 12.1 Å². The number of morpholine rings is 1. The zero-order chi connectivity index (χ0) is 22.4. The minimum Gasteiger partial charge on any atom is -0.396 e. The van der Waals surface area contributed by atoms with Crippen LogP contribution < -0.4 is 11.5 Å². The van der Waals surface area contributed by atoms with Crippen LogP contribution in [-0.2, 0) is 4.74 Å². The molecular formula is C24H21FN4O3. The highest BCUT2D eigenvalue weighted by Gasteiger charge is 2.20. The fourth-order valence-electron chi connectivity index (χ4n) is 4.17. The van der Waals surface area contributed by atoms with Gasteiger partial charge in [-0.15, -0.1) is 0 Å². The van der Waals surface area contributed by atoms with E-state index in [2.05, 4.69) is 4.98 Å². The number of rotatable bonds is 3. The van der Waals surface area contributed by atoms with Crippen molar-refractivity contribution < 1.29 is 18.7 Å². The van der Waals surface area contributed by atoms with E-state index < -0.39 is 11.7 Å². The van der Waals surface area contributed by atoms with Gasteiger partial charge < -0.3 is 26.1 Å². The Morgan fingerprint density at radius 1 is 0.969 bits per heavy atom. The molecule has 0 radical (unpaired) electrons. The Kier molecular flexibility index (Phi) is 4.79. The van der Waals surface area contributed by atoms with Crippen LogP contribution in [0.3, 0.4) is 0 Å². The van der Waals surface area contributed by atoms with E-state index in [0.29, 0.717) is 54.1 Å². The van der Waals surface area contributed by atoms with Crippen molar-refractivity contribution in [2.75, 3.05) is 32.0 Å². The van der Waals surface area contributed by atoms with E-state index in [1.54, 1.807) is 29.2 Å². The summed E-state index contributed by atoms with van der Waals surface area (Å²) in [7, 11) is 0. The summed E-state index contributed by atoms with van der Waals surface area (Å²) in [6, 6.07) is 13.4. The monoisotopic (exact) mass is 432 g/mol. The molecule has 8 heteroatoms. The lowest BCUT2D eigenvalue weighted by molar-refractivity contribution is 0.0303. The van der Waals surface area contributed by atoms with Crippen molar-refractivity contribution >= 4 is 39.3 Å². The first-order chi connectivity index (χ1) is 15.4. The van der Waals surface area contributed by atoms with Crippen molar-refractivity contribution in [2.24, 2.45) is 5.73 Å². The summed E-state index contributed by atoms with van der Waals surface area (Å²) in [5, 5.41) is 1.62. The number of benzene rings is 3. The maximum absolute atomic E-state index is 13.6. The molecule has 3 aromatic carbocycles. The van der Waals surface area contributed by atoms with Crippen molar-refractivity contribution in [3.63, 3.8) is 0 Å². The van der Waals surface area contributed by atoms with E-state index in [0.717, 1.165) is 16.3 Å². The number of aromatic amines is 1. The van der Waals surface area contributed by atoms with Crippen LogP contribution in [0.15, 0.2) is 48.5 Å². The first-order valence-corrected chi connectivity index (χ1v) is 10.2. The van der Waals surface area contributed by atoms with Gasteiger partial charge in [0.15, 0.2) is 0 Å². The summed E-state index contributed by atoms with van der Waals surface area (Å²) in [6.45, 7) is 2.16. The number of primary amides is 1. The van der Waals surface area contributed by atoms with Crippen molar-refractivity contribution in [1.29, 1.82) is 0 Å². The Morgan fingerprint density at radius 3 is 2.47 bits per heavy atom. The van der Waals surface area contributed by atoms with Crippen LogP contribution >= 0.6 is 0 Å². The van der Waals surface area contributed by atoms with E-state index in [-0.39, 0.29) is 11.6 Å². The Labute approximate surface area is 182 Å². The number of nitrogen functional groups attached to an aromatic ring is 1. The zero-order valence-corrected chi connectivity index (χ0v) is 17.2. The predicted octanol–water partition coefficient (Wildman–Crippen LogP) is 3.28. The molecule has 0 spiro atoms. The van der Waals surface area contributed by atoms with Gasteiger partial charge in [0.05, 0.1) is 30.0 Å². The Balaban J connectivity index is 1.65. The number of H-pyrrole nitrogens is 1. The molecule has 7 nitrogen and oxygen atoms in total. The first kappa shape index (κ1) is 20.0. The third kappa shape index (κ3) is 3.34. The number of carbonyl (C=O) groups excluding carboxylic acids is 2. The zero-order valence-electron chi connectivity index (χ0n) is 17.2. The van der Waals surface area contributed by atoms with Gasteiger partial charge in [-0.25, -0.2) is 4.39 Å². The minimum atomic E-state index is -0.594. The van der Waals surface area contributed by atoms with Gasteiger partial charge in [0.2, 0.25) is 0 Å². The topological polar surface area (TPSA) is 114 Å². The third-order valence-electron chi connectivity index (χ3n) is 5.85. The number of fused-ring (bicyclic) bond motifs is 3. The molecule has 1 aromatic heterocycles. The number of nitrogens with one attached hydrogen (secondary N) is 1. The molecule has 0 bridgehead atoms. The van der Waals surface area contributed by atoms with E-state index in [4.69, 9.17) is 16.2 Å². The highest BCUT2D eigenvalue weighted by molar-refractivity contribution is 6.17. The summed E-state index contributed by atoms with van der Waals surface area (Å²) in [4.78, 5) is 30.1. The molecule has 1 aliphatic rings. The van der Waals surface area contributed by atoms with Gasteiger partial charge in [0.25, 0.3) is 11.8 Å². The summed E-state index contributed by atoms with van der Waals surface area (Å²) in [5.41, 5.74) is 14.9. The van der Waals surface area contributed by atoms with Crippen LogP contribution in [0.5, 0.6) is 0 Å². The smallest absolute Gasteiger partial charge is 0.254 e. The molecule has 5 N–H and O–H groups in total. The molecule has 4 aromatic rings. The highest BCUT2D eigenvalue weighted by atomic mass is 19.1. The van der Waals surface area contributed by atoms with Crippen molar-refractivity contribution in [3.05, 3.63) is 65.5 Å². The average Bonchev–Trinajstić information content (AvgIpc) is 3.18. The molecule has 0 atom stereocenters. The molecule has 0 aliphatic carbocycles. The molecule has 1 saturated heterocycles. The molecular weight excluding hydrogens is 411 g/mol. The van der Waals surface area contributed by atoms with Crippen LogP contribution in [0.1, 0.15) is 20.7 Å². The molecule has 1 fully saturated rings. The molecule has 5 rings (SSSR count). The number of hydrogen-bond donors (Lipinski definition) is 3. The first-order valence-electron chi connectivity index (χ1n) is 10.2. The van der Waals surface area contributed by atoms with Gasteiger partial charge in [-0.1, -0.05) is 12.1 Å². The van der Waals surface area contributed by atoms with E-state index >= 15 is 0 Å². The van der Waals surface area contributed by atoms with E-state index in [9.17, 15) is 14.0 Å². The predicted molar refractivity (Wildman–Crippen MR) is 121 cm³/mol. The summed E-state index contributed by atoms with van der Waals surface area (Å²) >= 11 is 0. The Morgan fingerprint density at radius 2 is 1.75 bits per heavy atom. The Bertz CT molecular complexity index is 1390. The summed E-state index contributed by atoms with van der Waals surface area (Å²) < 4.78 is 18.9. The van der Waals surface area contributed by atoms with Gasteiger partial charge in [0.1, 0.15) is 5.82 Å². The lowest BCUT2D eigenvalue weighted by Gasteiger charge is -2.26. The molecule has 2 heterocycles. The largest absolute Gasteiger partial charge is 0.396 e. The number of aromatic nitrogens is 1. The second-order valence-corrected chi connectivity index (χ2v) is 7.84. The van der Waals surface area contributed by atoms with Gasteiger partial charge in [0, 0.05) is 34.9 Å². The SMILES string of the molecule is NC(=O)c1cc(-c2ccc(F)c(N)c2)cc2c1[nH]c1cc(C(=O)N3CCOCC3)ccc12. The number of nitrogens with two attached hydrogens (primary N) is 2.